The van der Waals surface area contributed by atoms with Gasteiger partial charge in [-0.1, -0.05) is 6.42 Å². The van der Waals surface area contributed by atoms with Crippen LogP contribution in [0.2, 0.25) is 0 Å². The van der Waals surface area contributed by atoms with Crippen molar-refractivity contribution in [1.82, 2.24) is 0 Å². The van der Waals surface area contributed by atoms with Crippen LogP contribution in [0.3, 0.4) is 0 Å². The van der Waals surface area contributed by atoms with E-state index in [0.29, 0.717) is 18.4 Å². The van der Waals surface area contributed by atoms with E-state index < -0.39 is 5.97 Å². The molecule has 0 aromatic carbocycles. The number of hydrogen-bond donors (Lipinski definition) is 2. The Morgan fingerprint density at radius 1 is 1.46 bits per heavy atom. The number of nitrogens with two attached hydrogens (primary N) is 1. The number of hydrogen-bond acceptors (Lipinski definition) is 2. The van der Waals surface area contributed by atoms with Gasteiger partial charge in [0.1, 0.15) is 0 Å². The van der Waals surface area contributed by atoms with Gasteiger partial charge in [0.25, 0.3) is 0 Å². The Morgan fingerprint density at radius 3 is 2.62 bits per heavy atom. The van der Waals surface area contributed by atoms with Crippen LogP contribution in [0.1, 0.15) is 38.5 Å². The second-order valence-electron chi connectivity index (χ2n) is 3.64. The summed E-state index contributed by atoms with van der Waals surface area (Å²) in [6, 6.07) is 0.332. The van der Waals surface area contributed by atoms with Crippen molar-refractivity contribution >= 4 is 18.4 Å². The van der Waals surface area contributed by atoms with Crippen molar-refractivity contribution in [1.29, 1.82) is 0 Å². The lowest BCUT2D eigenvalue weighted by Crippen LogP contribution is -2.24. The lowest BCUT2D eigenvalue weighted by atomic mass is 9.97. The maximum Gasteiger partial charge on any atom is 0.303 e. The molecular weight excluding hydrogens is 190 g/mol. The van der Waals surface area contributed by atoms with Crippen molar-refractivity contribution in [3.8, 4) is 0 Å². The first-order valence-corrected chi connectivity index (χ1v) is 4.67. The molecule has 0 bridgehead atoms. The number of carboxylic acid groups (broad SMARTS) is 1. The highest BCUT2D eigenvalue weighted by Gasteiger charge is 2.23. The van der Waals surface area contributed by atoms with Gasteiger partial charge in [0, 0.05) is 12.5 Å². The van der Waals surface area contributed by atoms with E-state index in [4.69, 9.17) is 10.8 Å². The second-order valence-corrected chi connectivity index (χ2v) is 3.64. The molecule has 0 aromatic heterocycles. The third kappa shape index (κ3) is 4.48. The summed E-state index contributed by atoms with van der Waals surface area (Å²) in [6.45, 7) is 0. The van der Waals surface area contributed by atoms with Crippen molar-refractivity contribution in [2.24, 2.45) is 11.7 Å². The van der Waals surface area contributed by atoms with Crippen LogP contribution in [-0.2, 0) is 4.79 Å². The zero-order chi connectivity index (χ0) is 8.97. The van der Waals surface area contributed by atoms with Crippen LogP contribution < -0.4 is 5.73 Å². The van der Waals surface area contributed by atoms with Crippen molar-refractivity contribution in [3.63, 3.8) is 0 Å². The minimum absolute atomic E-state index is 0. The van der Waals surface area contributed by atoms with E-state index in [9.17, 15) is 4.79 Å². The topological polar surface area (TPSA) is 63.3 Å². The SMILES string of the molecule is Cl.NC1CCCC1CCCC(=O)O. The first-order chi connectivity index (χ1) is 5.70. The van der Waals surface area contributed by atoms with Crippen molar-refractivity contribution in [2.75, 3.05) is 0 Å². The maximum absolute atomic E-state index is 10.2. The monoisotopic (exact) mass is 207 g/mol. The van der Waals surface area contributed by atoms with Gasteiger partial charge < -0.3 is 10.8 Å². The average Bonchev–Trinajstić information content (AvgIpc) is 2.36. The molecule has 0 spiro atoms. The van der Waals surface area contributed by atoms with Crippen molar-refractivity contribution < 1.29 is 9.90 Å². The highest BCUT2D eigenvalue weighted by molar-refractivity contribution is 5.85. The van der Waals surface area contributed by atoms with Gasteiger partial charge in [0.2, 0.25) is 0 Å². The summed E-state index contributed by atoms with van der Waals surface area (Å²) in [5, 5.41) is 8.42. The molecule has 4 heteroatoms. The van der Waals surface area contributed by atoms with Gasteiger partial charge in [-0.25, -0.2) is 0 Å². The Labute approximate surface area is 85.1 Å². The molecule has 78 valence electrons. The minimum Gasteiger partial charge on any atom is -0.481 e. The van der Waals surface area contributed by atoms with Crippen LogP contribution >= 0.6 is 12.4 Å². The fraction of sp³-hybridized carbons (Fsp3) is 0.889. The molecule has 0 radical (unpaired) electrons. The molecule has 0 heterocycles. The predicted molar refractivity (Wildman–Crippen MR) is 54.1 cm³/mol. The van der Waals surface area contributed by atoms with Crippen molar-refractivity contribution in [3.05, 3.63) is 0 Å². The molecule has 13 heavy (non-hydrogen) atoms. The number of halogens is 1. The first-order valence-electron chi connectivity index (χ1n) is 4.67. The Balaban J connectivity index is 0.00000144. The molecule has 1 aliphatic rings. The van der Waals surface area contributed by atoms with Crippen LogP contribution in [0.4, 0.5) is 0 Å². The molecule has 1 fully saturated rings. The Bertz CT molecular complexity index is 164. The summed E-state index contributed by atoms with van der Waals surface area (Å²) in [7, 11) is 0. The third-order valence-corrected chi connectivity index (χ3v) is 2.68. The van der Waals surface area contributed by atoms with Gasteiger partial charge in [-0.15, -0.1) is 12.4 Å². The second kappa shape index (κ2) is 6.22. The molecule has 2 atom stereocenters. The summed E-state index contributed by atoms with van der Waals surface area (Å²) < 4.78 is 0. The van der Waals surface area contributed by atoms with Gasteiger partial charge in [-0.3, -0.25) is 4.79 Å². The molecule has 0 aliphatic heterocycles. The highest BCUT2D eigenvalue weighted by Crippen LogP contribution is 2.28. The minimum atomic E-state index is -0.693. The van der Waals surface area contributed by atoms with E-state index >= 15 is 0 Å². The Hall–Kier alpha value is -0.280. The number of aliphatic carboxylic acids is 1. The lowest BCUT2D eigenvalue weighted by molar-refractivity contribution is -0.137. The molecule has 1 aliphatic carbocycles. The van der Waals surface area contributed by atoms with Crippen LogP contribution in [0.5, 0.6) is 0 Å². The summed E-state index contributed by atoms with van der Waals surface area (Å²) >= 11 is 0. The molecule has 1 rings (SSSR count). The molecule has 1 saturated carbocycles. The van der Waals surface area contributed by atoms with E-state index in [2.05, 4.69) is 0 Å². The highest BCUT2D eigenvalue weighted by atomic mass is 35.5. The van der Waals surface area contributed by atoms with E-state index in [1.807, 2.05) is 0 Å². The molecule has 3 N–H and O–H groups in total. The Morgan fingerprint density at radius 2 is 2.15 bits per heavy atom. The molecule has 3 nitrogen and oxygen atoms in total. The number of carbonyl (C=O) groups is 1. The zero-order valence-electron chi connectivity index (χ0n) is 7.74. The van der Waals surface area contributed by atoms with E-state index in [1.54, 1.807) is 0 Å². The molecular formula is C9H18ClNO2. The molecule has 2 unspecified atom stereocenters. The normalized spacial score (nSPS) is 26.8. The van der Waals surface area contributed by atoms with E-state index in [-0.39, 0.29) is 12.4 Å². The fourth-order valence-corrected chi connectivity index (χ4v) is 1.94. The predicted octanol–water partition coefficient (Wildman–Crippen LogP) is 1.79. The van der Waals surface area contributed by atoms with Gasteiger partial charge in [-0.05, 0) is 31.6 Å². The number of rotatable bonds is 4. The van der Waals surface area contributed by atoms with E-state index in [0.717, 1.165) is 19.3 Å². The summed E-state index contributed by atoms with van der Waals surface area (Å²) in [4.78, 5) is 10.2. The van der Waals surface area contributed by atoms with Crippen LogP contribution in [-0.4, -0.2) is 17.1 Å². The van der Waals surface area contributed by atoms with Gasteiger partial charge in [0.05, 0.1) is 0 Å². The summed E-state index contributed by atoms with van der Waals surface area (Å²) in [5.41, 5.74) is 5.85. The molecule has 0 aromatic rings. The zero-order valence-corrected chi connectivity index (χ0v) is 8.55. The summed E-state index contributed by atoms with van der Waals surface area (Å²) in [6.07, 6.45) is 5.61. The van der Waals surface area contributed by atoms with Crippen LogP contribution in [0.25, 0.3) is 0 Å². The Kier molecular flexibility index (Phi) is 6.08. The third-order valence-electron chi connectivity index (χ3n) is 2.68. The number of carboxylic acids is 1. The molecule has 0 saturated heterocycles. The standard InChI is InChI=1S/C9H17NO2.ClH/c10-8-5-1-3-7(8)4-2-6-9(11)12;/h7-8H,1-6,10H2,(H,11,12);1H. The molecule has 0 amide bonds. The quantitative estimate of drug-likeness (QED) is 0.739. The first kappa shape index (κ1) is 12.7. The maximum atomic E-state index is 10.2. The fourth-order valence-electron chi connectivity index (χ4n) is 1.94. The largest absolute Gasteiger partial charge is 0.481 e. The lowest BCUT2D eigenvalue weighted by Gasteiger charge is -2.13. The van der Waals surface area contributed by atoms with Gasteiger partial charge in [0.15, 0.2) is 0 Å². The van der Waals surface area contributed by atoms with Crippen molar-refractivity contribution in [2.45, 2.75) is 44.6 Å². The average molecular weight is 208 g/mol. The van der Waals surface area contributed by atoms with Gasteiger partial charge in [-0.2, -0.15) is 0 Å². The van der Waals surface area contributed by atoms with E-state index in [1.165, 1.54) is 12.8 Å². The van der Waals surface area contributed by atoms with Crippen LogP contribution in [0, 0.1) is 5.92 Å². The van der Waals surface area contributed by atoms with Crippen LogP contribution in [0.15, 0.2) is 0 Å². The summed E-state index contributed by atoms with van der Waals surface area (Å²) in [5.74, 6) is -0.106. The van der Waals surface area contributed by atoms with Gasteiger partial charge >= 0.3 is 5.97 Å². The smallest absolute Gasteiger partial charge is 0.303 e.